The number of aromatic nitrogens is 5. The summed E-state index contributed by atoms with van der Waals surface area (Å²) in [5.41, 5.74) is 4.66. The van der Waals surface area contributed by atoms with Crippen LogP contribution in [0, 0.1) is 17.6 Å². The molecule has 6 atom stereocenters. The number of nitrogens with zero attached hydrogens (tertiary/aromatic N) is 5. The lowest BCUT2D eigenvalue weighted by Gasteiger charge is -2.28. The molecule has 0 bridgehead atoms. The first-order valence-electron chi connectivity index (χ1n) is 16.0. The molecule has 276 valence electrons. The number of imidazole rings is 1. The van der Waals surface area contributed by atoms with E-state index in [1.807, 2.05) is 0 Å². The van der Waals surface area contributed by atoms with Gasteiger partial charge in [-0.25, -0.2) is 18.3 Å². The van der Waals surface area contributed by atoms with Gasteiger partial charge in [-0.2, -0.15) is 15.1 Å². The van der Waals surface area contributed by atoms with Crippen LogP contribution in [0.4, 0.5) is 14.7 Å². The van der Waals surface area contributed by atoms with Gasteiger partial charge in [0, 0.05) is 23.2 Å². The summed E-state index contributed by atoms with van der Waals surface area (Å²) in [6.45, 7) is 3.42. The Balaban J connectivity index is 1.27. The van der Waals surface area contributed by atoms with Crippen LogP contribution in [0.25, 0.3) is 22.1 Å². The Morgan fingerprint density at radius 3 is 2.69 bits per heavy atom. The number of nitrogens with one attached hydrogen (secondary N) is 1. The predicted octanol–water partition coefficient (Wildman–Crippen LogP) is 3.81. The number of ether oxygens (including phenoxy) is 3. The number of hydrogen-bond acceptors (Lipinski definition) is 14. The van der Waals surface area contributed by atoms with E-state index >= 15 is 0 Å². The number of aliphatic hydroxyl groups is 2. The number of aliphatic hydroxyl groups excluding tert-OH is 1. The number of fused-ring (bicyclic) bond motifs is 2. The second-order valence-corrected chi connectivity index (χ2v) is 14.2. The molecule has 1 fully saturated rings. The average molecular weight is 744 g/mol. The van der Waals surface area contributed by atoms with Crippen molar-refractivity contribution in [3.8, 4) is 11.6 Å². The lowest BCUT2D eigenvalue weighted by atomic mass is 9.96. The third-order valence-electron chi connectivity index (χ3n) is 8.44. The summed E-state index contributed by atoms with van der Waals surface area (Å²) in [5, 5.41) is 25.8. The first-order valence-corrected chi connectivity index (χ1v) is 17.5. The maximum absolute atomic E-state index is 14.7. The van der Waals surface area contributed by atoms with E-state index in [2.05, 4.69) is 25.0 Å². The van der Waals surface area contributed by atoms with Crippen molar-refractivity contribution >= 4 is 41.7 Å². The van der Waals surface area contributed by atoms with Crippen LogP contribution in [0.5, 0.6) is 11.6 Å². The van der Waals surface area contributed by atoms with Crippen LogP contribution >= 0.6 is 7.75 Å². The molecule has 0 radical (unpaired) electrons. The Hall–Kier alpha value is -4.84. The molecule has 0 amide bonds. The van der Waals surface area contributed by atoms with E-state index in [4.69, 9.17) is 29.0 Å². The zero-order valence-corrected chi connectivity index (χ0v) is 29.2. The fourth-order valence-electron chi connectivity index (χ4n) is 5.67. The molecule has 5 aromatic rings. The summed E-state index contributed by atoms with van der Waals surface area (Å²) in [6, 6.07) is 9.66. The topological polar surface area (TPSA) is 215 Å². The van der Waals surface area contributed by atoms with Crippen LogP contribution in [0.3, 0.4) is 0 Å². The van der Waals surface area contributed by atoms with Crippen LogP contribution in [-0.2, 0) is 30.0 Å². The molecule has 1 saturated heterocycles. The van der Waals surface area contributed by atoms with Gasteiger partial charge in [0.05, 0.1) is 25.6 Å². The lowest BCUT2D eigenvalue weighted by molar-refractivity contribution is -0.148. The van der Waals surface area contributed by atoms with Crippen molar-refractivity contribution in [2.75, 3.05) is 19.5 Å². The minimum atomic E-state index is -4.63. The number of methoxy groups -OCH3 is 1. The van der Waals surface area contributed by atoms with Crippen molar-refractivity contribution in [3.63, 3.8) is 0 Å². The van der Waals surface area contributed by atoms with Gasteiger partial charge >= 0.3 is 13.7 Å². The molecular formula is C33H36F2N7O9P. The van der Waals surface area contributed by atoms with Crippen molar-refractivity contribution in [1.82, 2.24) is 29.6 Å². The van der Waals surface area contributed by atoms with E-state index in [9.17, 15) is 28.4 Å². The van der Waals surface area contributed by atoms with Crippen molar-refractivity contribution in [1.29, 1.82) is 0 Å². The molecule has 5 N–H and O–H groups in total. The number of halogens is 2. The van der Waals surface area contributed by atoms with E-state index in [0.717, 1.165) is 12.1 Å². The van der Waals surface area contributed by atoms with Crippen LogP contribution < -0.4 is 20.1 Å². The lowest BCUT2D eigenvalue weighted by Crippen LogP contribution is -2.45. The number of esters is 1. The number of carbonyl (C=O) groups is 1. The number of carbonyl (C=O) groups excluding carboxylic acids is 1. The fourth-order valence-corrected chi connectivity index (χ4v) is 7.35. The van der Waals surface area contributed by atoms with Gasteiger partial charge in [-0.15, -0.1) is 0 Å². The highest BCUT2D eigenvalue weighted by Crippen LogP contribution is 2.49. The second-order valence-electron chi connectivity index (χ2n) is 12.5. The molecule has 2 aromatic carbocycles. The molecule has 19 heteroatoms. The molecule has 0 saturated carbocycles. The third kappa shape index (κ3) is 7.39. The van der Waals surface area contributed by atoms with E-state index in [1.165, 1.54) is 31.0 Å². The molecule has 4 heterocycles. The van der Waals surface area contributed by atoms with Crippen molar-refractivity contribution in [2.24, 2.45) is 5.92 Å². The van der Waals surface area contributed by atoms with E-state index in [0.29, 0.717) is 17.0 Å². The molecule has 52 heavy (non-hydrogen) atoms. The molecule has 3 aromatic heterocycles. The van der Waals surface area contributed by atoms with Crippen LogP contribution in [0.1, 0.15) is 32.6 Å². The quantitative estimate of drug-likeness (QED) is 0.0997. The first kappa shape index (κ1) is 36.9. The molecule has 1 aliphatic heterocycles. The number of nitrogens with two attached hydrogens (primary N) is 1. The largest absolute Gasteiger partial charge is 0.479 e. The summed E-state index contributed by atoms with van der Waals surface area (Å²) >= 11 is 0. The summed E-state index contributed by atoms with van der Waals surface area (Å²) in [6.07, 6.45) is -1.38. The van der Waals surface area contributed by atoms with Crippen molar-refractivity contribution in [3.05, 3.63) is 78.3 Å². The van der Waals surface area contributed by atoms with Gasteiger partial charge in [-0.3, -0.25) is 18.9 Å². The minimum absolute atomic E-state index is 0.0770. The van der Waals surface area contributed by atoms with Gasteiger partial charge in [0.15, 0.2) is 17.4 Å². The van der Waals surface area contributed by atoms with E-state index < -0.39 is 74.6 Å². The number of rotatable bonds is 13. The highest BCUT2D eigenvalue weighted by atomic mass is 31.2. The standard InChI is InChI=1S/C33H36F2N7O9P/c1-17(2)25(30(44)48-14-18-10-11-19(34)13-21(18)35)41-52(46,51-23-9-5-8-22-20(23)7-6-12-37-22)49-15-24-27(43)33(3,45)31(50-24)42-16-38-26-28(42)39-32(36)40-29(26)47-4/h5-13,16-17,24-25,27,31,43,45H,14-15H2,1-4H3,(H,41,46)(H2,36,39,40). The highest BCUT2D eigenvalue weighted by molar-refractivity contribution is 7.52. The normalized spacial score (nSPS) is 22.1. The molecule has 1 aliphatic rings. The summed E-state index contributed by atoms with van der Waals surface area (Å²) < 4.78 is 72.2. The van der Waals surface area contributed by atoms with E-state index in [-0.39, 0.29) is 34.3 Å². The molecule has 0 aliphatic carbocycles. The Morgan fingerprint density at radius 2 is 1.96 bits per heavy atom. The van der Waals surface area contributed by atoms with Crippen molar-refractivity contribution in [2.45, 2.75) is 57.5 Å². The number of benzene rings is 2. The van der Waals surface area contributed by atoms with Gasteiger partial charge in [0.1, 0.15) is 47.8 Å². The van der Waals surface area contributed by atoms with Gasteiger partial charge in [0.25, 0.3) is 0 Å². The van der Waals surface area contributed by atoms with Gasteiger partial charge < -0.3 is 34.7 Å². The maximum Gasteiger partial charge on any atom is 0.459 e. The van der Waals surface area contributed by atoms with Crippen LogP contribution in [-0.4, -0.2) is 78.3 Å². The van der Waals surface area contributed by atoms with Crippen molar-refractivity contribution < 1.29 is 51.6 Å². The molecule has 0 spiro atoms. The Bertz CT molecular complexity index is 2150. The zero-order chi connectivity index (χ0) is 37.4. The zero-order valence-electron chi connectivity index (χ0n) is 28.3. The number of anilines is 1. The average Bonchev–Trinajstić information content (AvgIpc) is 3.62. The van der Waals surface area contributed by atoms with Gasteiger partial charge in [-0.05, 0) is 49.2 Å². The smallest absolute Gasteiger partial charge is 0.459 e. The minimum Gasteiger partial charge on any atom is -0.479 e. The summed E-state index contributed by atoms with van der Waals surface area (Å²) in [5.74, 6) is -3.21. The van der Waals surface area contributed by atoms with Gasteiger partial charge in [0.2, 0.25) is 11.8 Å². The Labute approximate surface area is 295 Å². The van der Waals surface area contributed by atoms with Gasteiger partial charge in [-0.1, -0.05) is 19.9 Å². The molecular weight excluding hydrogens is 707 g/mol. The molecule has 6 rings (SSSR count). The van der Waals surface area contributed by atoms with E-state index in [1.54, 1.807) is 44.3 Å². The first-order chi connectivity index (χ1) is 24.7. The van der Waals surface area contributed by atoms with Crippen LogP contribution in [0.2, 0.25) is 0 Å². The third-order valence-corrected chi connectivity index (χ3v) is 9.96. The Morgan fingerprint density at radius 1 is 1.17 bits per heavy atom. The maximum atomic E-state index is 14.7. The number of nitrogen functional groups attached to an aromatic ring is 1. The monoisotopic (exact) mass is 743 g/mol. The predicted molar refractivity (Wildman–Crippen MR) is 181 cm³/mol. The van der Waals surface area contributed by atoms with Crippen LogP contribution in [0.15, 0.2) is 61.1 Å². The number of pyridine rings is 1. The second kappa shape index (κ2) is 14.7. The molecule has 6 unspecified atom stereocenters. The summed E-state index contributed by atoms with van der Waals surface area (Å²) in [4.78, 5) is 30.1. The fraction of sp³-hybridized carbons (Fsp3) is 0.364. The summed E-state index contributed by atoms with van der Waals surface area (Å²) in [7, 11) is -3.25. The Kier molecular flexibility index (Phi) is 10.4. The molecule has 16 nitrogen and oxygen atoms in total. The number of hydrogen-bond donors (Lipinski definition) is 4. The SMILES string of the molecule is COc1nc(N)nc2c1ncn2C1OC(COP(=O)(NC(C(=O)OCc2ccc(F)cc2F)C(C)C)Oc2cccc3ncccc23)C(O)C1(C)O. The highest BCUT2D eigenvalue weighted by Gasteiger charge is 2.54.